The zero-order valence-electron chi connectivity index (χ0n) is 21.7. The minimum absolute atomic E-state index is 0.0111. The number of hydrogen-bond donors (Lipinski definition) is 6. The number of H-pyrrole nitrogens is 1. The number of ether oxygens (including phenoxy) is 2. The van der Waals surface area contributed by atoms with Crippen molar-refractivity contribution in [2.45, 2.75) is 55.9 Å². The van der Waals surface area contributed by atoms with Gasteiger partial charge in [0.15, 0.2) is 40.8 Å². The summed E-state index contributed by atoms with van der Waals surface area (Å²) in [6, 6.07) is 0. The van der Waals surface area contributed by atoms with Crippen molar-refractivity contribution >= 4 is 41.9 Å². The molecule has 226 valence electrons. The number of nitrogens with zero attached hydrogens (tertiary/aromatic N) is 7. The number of fused-ring (bicyclic) bond motifs is 2. The molecule has 2 aliphatic rings. The molecule has 19 nitrogen and oxygen atoms in total. The van der Waals surface area contributed by atoms with Crippen molar-refractivity contribution in [3.05, 3.63) is 29.3 Å². The van der Waals surface area contributed by atoms with Gasteiger partial charge in [-0.1, -0.05) is 0 Å². The van der Waals surface area contributed by atoms with Crippen LogP contribution in [0, 0.1) is 0 Å². The van der Waals surface area contributed by atoms with Crippen molar-refractivity contribution in [3.8, 4) is 0 Å². The lowest BCUT2D eigenvalue weighted by molar-refractivity contribution is -0.0637. The molecule has 0 spiro atoms. The molecule has 6 heterocycles. The summed E-state index contributed by atoms with van der Waals surface area (Å²) in [5.74, 6) is -0.143. The van der Waals surface area contributed by atoms with E-state index in [2.05, 4.69) is 29.9 Å². The van der Waals surface area contributed by atoms with E-state index >= 15 is 4.39 Å². The predicted molar refractivity (Wildman–Crippen MR) is 138 cm³/mol. The van der Waals surface area contributed by atoms with Gasteiger partial charge in [0.05, 0.1) is 32.0 Å². The summed E-state index contributed by atoms with van der Waals surface area (Å²) in [4.78, 5) is 45.0. The van der Waals surface area contributed by atoms with E-state index in [9.17, 15) is 24.5 Å². The number of rotatable bonds is 8. The Morgan fingerprint density at radius 1 is 1.19 bits per heavy atom. The minimum Gasteiger partial charge on any atom is -0.394 e. The van der Waals surface area contributed by atoms with Crippen LogP contribution in [0.4, 0.5) is 16.2 Å². The number of imidazole rings is 2. The third-order valence-corrected chi connectivity index (χ3v) is 8.11. The van der Waals surface area contributed by atoms with Gasteiger partial charge in [0.1, 0.15) is 30.2 Å². The van der Waals surface area contributed by atoms with E-state index in [1.54, 1.807) is 0 Å². The molecule has 2 aliphatic heterocycles. The highest BCUT2D eigenvalue weighted by molar-refractivity contribution is 7.47. The van der Waals surface area contributed by atoms with Crippen molar-refractivity contribution in [1.82, 2.24) is 39.0 Å². The zero-order chi connectivity index (χ0) is 30.0. The Labute approximate surface area is 233 Å². The fourth-order valence-electron chi connectivity index (χ4n) is 5.06. The number of nitrogens with two attached hydrogens (primary N) is 2. The molecule has 0 radical (unpaired) electrons. The van der Waals surface area contributed by atoms with Crippen LogP contribution in [0.1, 0.15) is 25.8 Å². The highest BCUT2D eigenvalue weighted by atomic mass is 31.2. The van der Waals surface area contributed by atoms with Crippen LogP contribution in [0.15, 0.2) is 23.8 Å². The lowest BCUT2D eigenvalue weighted by Gasteiger charge is -2.24. The first-order chi connectivity index (χ1) is 19.9. The second-order valence-electron chi connectivity index (χ2n) is 9.96. The molecule has 8 N–H and O–H groups in total. The molecule has 2 saturated heterocycles. The van der Waals surface area contributed by atoms with Gasteiger partial charge in [-0.3, -0.25) is 28.0 Å². The number of phosphoric acid groups is 1. The fourth-order valence-corrected chi connectivity index (χ4v) is 5.99. The Morgan fingerprint density at radius 3 is 2.69 bits per heavy atom. The molecule has 4 aromatic rings. The molecule has 42 heavy (non-hydrogen) atoms. The molecule has 0 amide bonds. The van der Waals surface area contributed by atoms with Crippen LogP contribution in [-0.2, 0) is 23.1 Å². The monoisotopic (exact) mass is 612 g/mol. The molecule has 0 aromatic carbocycles. The zero-order valence-corrected chi connectivity index (χ0v) is 22.6. The second-order valence-corrected chi connectivity index (χ2v) is 11.4. The predicted octanol–water partition coefficient (Wildman–Crippen LogP) is -1.11. The van der Waals surface area contributed by atoms with Gasteiger partial charge in [-0.05, 0) is 6.92 Å². The number of anilines is 2. The van der Waals surface area contributed by atoms with Gasteiger partial charge in [-0.25, -0.2) is 28.9 Å². The van der Waals surface area contributed by atoms with E-state index in [-0.39, 0.29) is 40.5 Å². The second kappa shape index (κ2) is 10.3. The number of nitrogens with one attached hydrogen (secondary N) is 1. The molecule has 8 atom stereocenters. The number of halogens is 1. The standard InChI is InChI=1S/C21H26FN10O9P/c1-21(22)13(34)10(40-19(21)32-7-27-11-14(23)25-5-26-15(11)32)4-38-42(36,37)41-9-2-8(3-33)39-18(9)31-6-28-12-16(31)29-20(24)30-17(12)35/h5-10,13,18-19,33-34H,2-4H2,1H3,(H,36,37)(H2,23,25,26)(H3,24,29,30,35)/t8-,9+,10?,13+,18+,19?,21-/m0/s1. The van der Waals surface area contributed by atoms with Gasteiger partial charge < -0.3 is 36.0 Å². The van der Waals surface area contributed by atoms with Gasteiger partial charge in [0.2, 0.25) is 5.95 Å². The first-order valence-electron chi connectivity index (χ1n) is 12.5. The highest BCUT2D eigenvalue weighted by Crippen LogP contribution is 2.51. The molecule has 21 heteroatoms. The lowest BCUT2D eigenvalue weighted by Crippen LogP contribution is -2.40. The van der Waals surface area contributed by atoms with Crippen molar-refractivity contribution in [2.24, 2.45) is 0 Å². The first-order valence-corrected chi connectivity index (χ1v) is 14.0. The van der Waals surface area contributed by atoms with Crippen molar-refractivity contribution in [3.63, 3.8) is 0 Å². The molecule has 0 aliphatic carbocycles. The van der Waals surface area contributed by atoms with E-state index in [0.717, 1.165) is 13.3 Å². The summed E-state index contributed by atoms with van der Waals surface area (Å²) in [6.45, 7) is -0.115. The number of alkyl halides is 1. The molecule has 6 rings (SSSR count). The number of aliphatic hydroxyl groups is 2. The summed E-state index contributed by atoms with van der Waals surface area (Å²) in [6.07, 6.45) is -4.30. The largest absolute Gasteiger partial charge is 0.472 e. The Morgan fingerprint density at radius 2 is 1.93 bits per heavy atom. The van der Waals surface area contributed by atoms with Crippen LogP contribution in [0.3, 0.4) is 0 Å². The van der Waals surface area contributed by atoms with E-state index in [1.165, 1.54) is 21.8 Å². The van der Waals surface area contributed by atoms with Crippen molar-refractivity contribution in [1.29, 1.82) is 0 Å². The Hall–Kier alpha value is -3.62. The maximum absolute atomic E-state index is 15.7. The van der Waals surface area contributed by atoms with Gasteiger partial charge in [-0.2, -0.15) is 4.98 Å². The fraction of sp³-hybridized carbons (Fsp3) is 0.524. The van der Waals surface area contributed by atoms with Crippen LogP contribution in [0.25, 0.3) is 22.3 Å². The average Bonchev–Trinajstić information content (AvgIpc) is 3.68. The van der Waals surface area contributed by atoms with Crippen LogP contribution >= 0.6 is 7.82 Å². The maximum Gasteiger partial charge on any atom is 0.472 e. The van der Waals surface area contributed by atoms with Crippen LogP contribution in [-0.4, -0.2) is 97.4 Å². The maximum atomic E-state index is 15.7. The third-order valence-electron chi connectivity index (χ3n) is 7.10. The molecular weight excluding hydrogens is 586 g/mol. The van der Waals surface area contributed by atoms with Crippen molar-refractivity contribution < 1.29 is 42.6 Å². The van der Waals surface area contributed by atoms with Crippen LogP contribution in [0.2, 0.25) is 0 Å². The number of aromatic nitrogens is 8. The Bertz CT molecular complexity index is 1750. The summed E-state index contributed by atoms with van der Waals surface area (Å²) in [5, 5.41) is 20.3. The number of aromatic amines is 1. The molecule has 0 saturated carbocycles. The van der Waals surface area contributed by atoms with E-state index in [4.69, 9.17) is 30.0 Å². The van der Waals surface area contributed by atoms with Gasteiger partial charge in [0, 0.05) is 6.42 Å². The highest BCUT2D eigenvalue weighted by Gasteiger charge is 2.56. The van der Waals surface area contributed by atoms with Crippen LogP contribution in [0.5, 0.6) is 0 Å². The van der Waals surface area contributed by atoms with E-state index in [0.29, 0.717) is 0 Å². The Kier molecular flexibility index (Phi) is 6.97. The smallest absolute Gasteiger partial charge is 0.394 e. The summed E-state index contributed by atoms with van der Waals surface area (Å²) >= 11 is 0. The molecule has 3 unspecified atom stereocenters. The lowest BCUT2D eigenvalue weighted by atomic mass is 9.98. The molecular formula is C21H26FN10O9P. The molecule has 0 bridgehead atoms. The van der Waals surface area contributed by atoms with E-state index < -0.39 is 69.1 Å². The number of aliphatic hydroxyl groups excluding tert-OH is 2. The normalized spacial score (nSPS) is 31.3. The quantitative estimate of drug-likeness (QED) is 0.129. The number of phosphoric ester groups is 1. The molecule has 4 aromatic heterocycles. The summed E-state index contributed by atoms with van der Waals surface area (Å²) in [5.41, 5.74) is 8.70. The van der Waals surface area contributed by atoms with E-state index in [1.807, 2.05) is 0 Å². The van der Waals surface area contributed by atoms with Gasteiger partial charge >= 0.3 is 7.82 Å². The van der Waals surface area contributed by atoms with Crippen molar-refractivity contribution in [2.75, 3.05) is 24.7 Å². The first kappa shape index (κ1) is 28.5. The number of hydrogen-bond acceptors (Lipinski definition) is 15. The third kappa shape index (κ3) is 4.80. The van der Waals surface area contributed by atoms with Gasteiger partial charge in [-0.15, -0.1) is 0 Å². The number of nitrogen functional groups attached to an aromatic ring is 2. The molecule has 2 fully saturated rings. The minimum atomic E-state index is -4.92. The average molecular weight is 612 g/mol. The van der Waals surface area contributed by atoms with Gasteiger partial charge in [0.25, 0.3) is 5.56 Å². The SMILES string of the molecule is C[C@@]1(F)C(n2cnc3c(N)ncnc32)OC(COP(=O)(O)O[C@@H]2C[C@@H](CO)O[C@H]2n2cnc3c(=O)[nH]c(N)nc32)[C@H]1O. The summed E-state index contributed by atoms with van der Waals surface area (Å²) in [7, 11) is -4.92. The topological polar surface area (TPSA) is 274 Å². The van der Waals surface area contributed by atoms with Crippen LogP contribution < -0.4 is 17.0 Å². The Balaban J connectivity index is 1.18. The summed E-state index contributed by atoms with van der Waals surface area (Å²) < 4.78 is 53.1.